The van der Waals surface area contributed by atoms with Crippen LogP contribution in [0.15, 0.2) is 11.6 Å². The second kappa shape index (κ2) is 7.99. The van der Waals surface area contributed by atoms with Crippen LogP contribution in [0.1, 0.15) is 106 Å². The van der Waals surface area contributed by atoms with Gasteiger partial charge in [-0.1, -0.05) is 66.0 Å². The van der Waals surface area contributed by atoms with Gasteiger partial charge < -0.3 is 5.11 Å². The molecule has 0 heterocycles. The molecule has 0 amide bonds. The fourth-order valence-electron chi connectivity index (χ4n) is 8.75. The predicted octanol–water partition coefficient (Wildman–Crippen LogP) is 7.63. The Morgan fingerprint density at radius 3 is 2.41 bits per heavy atom. The van der Waals surface area contributed by atoms with Crippen LogP contribution in [0.4, 0.5) is 0 Å². The number of aliphatic hydroxyl groups excluding tert-OH is 1. The molecule has 4 aliphatic rings. The van der Waals surface area contributed by atoms with Crippen LogP contribution < -0.4 is 0 Å². The Kier molecular flexibility index (Phi) is 6.04. The van der Waals surface area contributed by atoms with E-state index < -0.39 is 0 Å². The van der Waals surface area contributed by atoms with Crippen molar-refractivity contribution in [3.8, 4) is 0 Å². The van der Waals surface area contributed by atoms with E-state index in [1.807, 2.05) is 0 Å². The van der Waals surface area contributed by atoms with Gasteiger partial charge in [-0.25, -0.2) is 0 Å². The Hall–Kier alpha value is -0.300. The maximum Gasteiger partial charge on any atom is 0.0724 e. The molecule has 3 fully saturated rings. The third-order valence-corrected chi connectivity index (χ3v) is 11.1. The highest BCUT2D eigenvalue weighted by Crippen LogP contribution is 2.67. The van der Waals surface area contributed by atoms with E-state index in [0.717, 1.165) is 47.8 Å². The van der Waals surface area contributed by atoms with E-state index >= 15 is 0 Å². The molecule has 1 heteroatoms. The largest absolute Gasteiger partial charge is 0.389 e. The van der Waals surface area contributed by atoms with Crippen molar-refractivity contribution in [3.05, 3.63) is 11.6 Å². The molecule has 0 aromatic carbocycles. The third kappa shape index (κ3) is 3.66. The van der Waals surface area contributed by atoms with Crippen molar-refractivity contribution in [1.82, 2.24) is 0 Å². The average molecular weight is 401 g/mol. The first kappa shape index (κ1) is 21.9. The van der Waals surface area contributed by atoms with Gasteiger partial charge in [0.05, 0.1) is 6.10 Å². The minimum absolute atomic E-state index is 0.173. The summed E-state index contributed by atoms with van der Waals surface area (Å²) >= 11 is 0. The number of aliphatic hydroxyl groups is 1. The fourth-order valence-corrected chi connectivity index (χ4v) is 8.75. The lowest BCUT2D eigenvalue weighted by Crippen LogP contribution is -2.51. The second-order valence-electron chi connectivity index (χ2n) is 12.6. The molecule has 3 saturated carbocycles. The first-order valence-electron chi connectivity index (χ1n) is 13.1. The zero-order chi connectivity index (χ0) is 21.0. The highest BCUT2D eigenvalue weighted by molar-refractivity contribution is 5.25. The molecular weight excluding hydrogens is 352 g/mol. The SMILES string of the molecule is CC(C)[C@H](C)CC[C@@H](C)[C@H]1CC[C@@H]2[C@@H]3CCC4=C[C@@H](O)CC[C@]4(C)[C@H]3CC[C@@]21C. The summed E-state index contributed by atoms with van der Waals surface area (Å²) in [6.07, 6.45) is 15.7. The summed E-state index contributed by atoms with van der Waals surface area (Å²) in [5.41, 5.74) is 2.60. The van der Waals surface area contributed by atoms with Crippen molar-refractivity contribution in [2.24, 2.45) is 52.3 Å². The molecule has 0 aromatic heterocycles. The van der Waals surface area contributed by atoms with Gasteiger partial charge in [-0.2, -0.15) is 0 Å². The minimum atomic E-state index is -0.173. The zero-order valence-corrected chi connectivity index (χ0v) is 20.2. The molecule has 4 aliphatic carbocycles. The van der Waals surface area contributed by atoms with Gasteiger partial charge in [-0.15, -0.1) is 0 Å². The standard InChI is InChI=1S/C28H48O/c1-18(2)19(3)7-8-20(4)24-11-12-25-23-10-9-21-17-22(29)13-15-27(21,5)26(23)14-16-28(24,25)6/h17-20,22-26,29H,7-16H2,1-6H3/t19-,20-,22+,23+,24-,25-,26+,27+,28-/m1/s1. The van der Waals surface area contributed by atoms with E-state index in [2.05, 4.69) is 47.6 Å². The van der Waals surface area contributed by atoms with Crippen molar-refractivity contribution in [1.29, 1.82) is 0 Å². The van der Waals surface area contributed by atoms with Gasteiger partial charge in [0.1, 0.15) is 0 Å². The summed E-state index contributed by atoms with van der Waals surface area (Å²) in [7, 11) is 0. The molecular formula is C28H48O. The number of hydrogen-bond acceptors (Lipinski definition) is 1. The summed E-state index contributed by atoms with van der Waals surface area (Å²) in [6.45, 7) is 15.1. The molecule has 0 aliphatic heterocycles. The van der Waals surface area contributed by atoms with E-state index in [9.17, 15) is 5.11 Å². The highest BCUT2D eigenvalue weighted by atomic mass is 16.3. The minimum Gasteiger partial charge on any atom is -0.389 e. The van der Waals surface area contributed by atoms with Gasteiger partial charge in [0.25, 0.3) is 0 Å². The molecule has 0 bridgehead atoms. The van der Waals surface area contributed by atoms with Crippen LogP contribution in [-0.4, -0.2) is 11.2 Å². The maximum absolute atomic E-state index is 10.2. The quantitative estimate of drug-likeness (QED) is 0.470. The van der Waals surface area contributed by atoms with Gasteiger partial charge in [0.15, 0.2) is 0 Å². The number of rotatable bonds is 5. The molecule has 0 radical (unpaired) electrons. The van der Waals surface area contributed by atoms with Crippen LogP contribution in [0.2, 0.25) is 0 Å². The van der Waals surface area contributed by atoms with E-state index in [4.69, 9.17) is 0 Å². The van der Waals surface area contributed by atoms with Crippen LogP contribution in [0, 0.1) is 52.3 Å². The van der Waals surface area contributed by atoms with Crippen LogP contribution in [-0.2, 0) is 0 Å². The number of hydrogen-bond donors (Lipinski definition) is 1. The van der Waals surface area contributed by atoms with E-state index in [1.54, 1.807) is 5.57 Å². The third-order valence-electron chi connectivity index (χ3n) is 11.1. The van der Waals surface area contributed by atoms with Crippen LogP contribution in [0.25, 0.3) is 0 Å². The van der Waals surface area contributed by atoms with E-state index in [0.29, 0.717) is 10.8 Å². The smallest absolute Gasteiger partial charge is 0.0724 e. The van der Waals surface area contributed by atoms with Crippen molar-refractivity contribution in [2.75, 3.05) is 0 Å². The summed E-state index contributed by atoms with van der Waals surface area (Å²) in [5, 5.41) is 10.2. The molecule has 9 atom stereocenters. The summed E-state index contributed by atoms with van der Waals surface area (Å²) < 4.78 is 0. The summed E-state index contributed by atoms with van der Waals surface area (Å²) in [4.78, 5) is 0. The Bertz CT molecular complexity index is 620. The summed E-state index contributed by atoms with van der Waals surface area (Å²) in [5.74, 6) is 6.31. The highest BCUT2D eigenvalue weighted by Gasteiger charge is 2.59. The lowest BCUT2D eigenvalue weighted by atomic mass is 9.46. The molecule has 1 N–H and O–H groups in total. The summed E-state index contributed by atoms with van der Waals surface area (Å²) in [6, 6.07) is 0. The lowest BCUT2D eigenvalue weighted by molar-refractivity contribution is -0.0628. The monoisotopic (exact) mass is 400 g/mol. The van der Waals surface area contributed by atoms with Gasteiger partial charge in [0.2, 0.25) is 0 Å². The number of allylic oxidation sites excluding steroid dienone is 1. The molecule has 166 valence electrons. The second-order valence-corrected chi connectivity index (χ2v) is 12.6. The maximum atomic E-state index is 10.2. The number of fused-ring (bicyclic) bond motifs is 5. The van der Waals surface area contributed by atoms with Gasteiger partial charge in [0, 0.05) is 0 Å². The molecule has 1 nitrogen and oxygen atoms in total. The topological polar surface area (TPSA) is 20.2 Å². The van der Waals surface area contributed by atoms with Crippen LogP contribution in [0.3, 0.4) is 0 Å². The first-order valence-corrected chi connectivity index (χ1v) is 13.1. The molecule has 4 rings (SSSR count). The molecule has 0 aromatic rings. The van der Waals surface area contributed by atoms with Crippen molar-refractivity contribution in [3.63, 3.8) is 0 Å². The zero-order valence-electron chi connectivity index (χ0n) is 20.2. The fraction of sp³-hybridized carbons (Fsp3) is 0.929. The van der Waals surface area contributed by atoms with Crippen LogP contribution >= 0.6 is 0 Å². The molecule has 0 saturated heterocycles. The Morgan fingerprint density at radius 2 is 1.69 bits per heavy atom. The average Bonchev–Trinajstić information content (AvgIpc) is 3.03. The molecule has 0 unspecified atom stereocenters. The molecule has 29 heavy (non-hydrogen) atoms. The van der Waals surface area contributed by atoms with Gasteiger partial charge in [-0.05, 0) is 104 Å². The van der Waals surface area contributed by atoms with E-state index in [-0.39, 0.29) is 6.10 Å². The first-order chi connectivity index (χ1) is 13.7. The van der Waals surface area contributed by atoms with Crippen LogP contribution in [0.5, 0.6) is 0 Å². The van der Waals surface area contributed by atoms with Gasteiger partial charge in [-0.3, -0.25) is 0 Å². The lowest BCUT2D eigenvalue weighted by Gasteiger charge is -2.59. The molecule has 0 spiro atoms. The van der Waals surface area contributed by atoms with Gasteiger partial charge >= 0.3 is 0 Å². The normalized spacial score (nSPS) is 46.5. The Labute approximate surface area is 181 Å². The van der Waals surface area contributed by atoms with Crippen molar-refractivity contribution < 1.29 is 5.11 Å². The Balaban J connectivity index is 1.48. The van der Waals surface area contributed by atoms with Crippen molar-refractivity contribution >= 4 is 0 Å². The predicted molar refractivity (Wildman–Crippen MR) is 124 cm³/mol. The van der Waals surface area contributed by atoms with Crippen molar-refractivity contribution in [2.45, 2.75) is 112 Å². The Morgan fingerprint density at radius 1 is 0.931 bits per heavy atom. The van der Waals surface area contributed by atoms with E-state index in [1.165, 1.54) is 57.8 Å².